The standard InChI is InChI=1S/C11H13N/c1-10(2)4-3-5-11-6-8-12-9-7-11/h3-4,6-9H,1,5H2,2H3. The molecular weight excluding hydrogens is 146 g/mol. The van der Waals surface area contributed by atoms with Crippen molar-refractivity contribution in [3.05, 3.63) is 54.4 Å². The molecule has 62 valence electrons. The zero-order chi connectivity index (χ0) is 8.81. The van der Waals surface area contributed by atoms with Gasteiger partial charge in [-0.25, -0.2) is 0 Å². The van der Waals surface area contributed by atoms with Gasteiger partial charge in [-0.05, 0) is 31.0 Å². The first kappa shape index (κ1) is 8.72. The molecule has 0 bridgehead atoms. The van der Waals surface area contributed by atoms with E-state index in [4.69, 9.17) is 0 Å². The number of aromatic nitrogens is 1. The van der Waals surface area contributed by atoms with Gasteiger partial charge in [0.15, 0.2) is 0 Å². The second-order valence-electron chi connectivity index (χ2n) is 2.81. The molecule has 1 aromatic rings. The number of allylic oxidation sites excluding steroid dienone is 3. The Hall–Kier alpha value is -1.37. The average molecular weight is 159 g/mol. The quantitative estimate of drug-likeness (QED) is 0.618. The van der Waals surface area contributed by atoms with Crippen LogP contribution in [0.4, 0.5) is 0 Å². The van der Waals surface area contributed by atoms with Crippen LogP contribution in [0.5, 0.6) is 0 Å². The topological polar surface area (TPSA) is 12.9 Å². The van der Waals surface area contributed by atoms with Gasteiger partial charge in [0.2, 0.25) is 0 Å². The lowest BCUT2D eigenvalue weighted by atomic mass is 10.2. The fourth-order valence-corrected chi connectivity index (χ4v) is 0.915. The maximum absolute atomic E-state index is 3.95. The molecule has 0 N–H and O–H groups in total. The summed E-state index contributed by atoms with van der Waals surface area (Å²) < 4.78 is 0. The van der Waals surface area contributed by atoms with E-state index in [9.17, 15) is 0 Å². The normalized spacial score (nSPS) is 10.4. The zero-order valence-electron chi connectivity index (χ0n) is 7.33. The minimum Gasteiger partial charge on any atom is -0.265 e. The average Bonchev–Trinajstić information content (AvgIpc) is 2.05. The summed E-state index contributed by atoms with van der Waals surface area (Å²) in [6.45, 7) is 5.78. The third-order valence-corrected chi connectivity index (χ3v) is 1.51. The highest BCUT2D eigenvalue weighted by Crippen LogP contribution is 1.99. The first-order valence-corrected chi connectivity index (χ1v) is 4.00. The van der Waals surface area contributed by atoms with Crippen molar-refractivity contribution in [3.8, 4) is 0 Å². The first-order chi connectivity index (χ1) is 5.79. The van der Waals surface area contributed by atoms with Crippen molar-refractivity contribution in [2.45, 2.75) is 13.3 Å². The van der Waals surface area contributed by atoms with Gasteiger partial charge in [0.25, 0.3) is 0 Å². The van der Waals surface area contributed by atoms with Gasteiger partial charge in [-0.1, -0.05) is 24.3 Å². The van der Waals surface area contributed by atoms with Gasteiger partial charge in [0.05, 0.1) is 0 Å². The van der Waals surface area contributed by atoms with Gasteiger partial charge in [-0.2, -0.15) is 0 Å². The third-order valence-electron chi connectivity index (χ3n) is 1.51. The maximum atomic E-state index is 3.95. The fourth-order valence-electron chi connectivity index (χ4n) is 0.915. The lowest BCUT2D eigenvalue weighted by molar-refractivity contribution is 1.21. The summed E-state index contributed by atoms with van der Waals surface area (Å²) in [6.07, 6.45) is 8.71. The van der Waals surface area contributed by atoms with Crippen LogP contribution in [0.2, 0.25) is 0 Å². The van der Waals surface area contributed by atoms with E-state index in [1.165, 1.54) is 5.56 Å². The summed E-state index contributed by atoms with van der Waals surface area (Å²) in [4.78, 5) is 3.95. The van der Waals surface area contributed by atoms with Crippen LogP contribution in [-0.2, 0) is 6.42 Å². The molecule has 0 aliphatic heterocycles. The molecule has 1 aromatic heterocycles. The van der Waals surface area contributed by atoms with E-state index < -0.39 is 0 Å². The molecule has 0 aromatic carbocycles. The number of hydrogen-bond acceptors (Lipinski definition) is 1. The van der Waals surface area contributed by atoms with Crippen molar-refractivity contribution in [3.63, 3.8) is 0 Å². The van der Waals surface area contributed by atoms with E-state index in [2.05, 4.69) is 17.6 Å². The molecule has 0 aliphatic carbocycles. The Morgan fingerprint density at radius 1 is 1.50 bits per heavy atom. The van der Waals surface area contributed by atoms with E-state index >= 15 is 0 Å². The molecule has 0 saturated heterocycles. The molecular formula is C11H13N. The van der Waals surface area contributed by atoms with E-state index in [1.54, 1.807) is 0 Å². The van der Waals surface area contributed by atoms with Gasteiger partial charge >= 0.3 is 0 Å². The van der Waals surface area contributed by atoms with Crippen LogP contribution in [0, 0.1) is 0 Å². The monoisotopic (exact) mass is 159 g/mol. The summed E-state index contributed by atoms with van der Waals surface area (Å²) in [5, 5.41) is 0. The SMILES string of the molecule is C=C(C)C=CCc1ccncc1. The molecule has 0 unspecified atom stereocenters. The van der Waals surface area contributed by atoms with Gasteiger partial charge in [0.1, 0.15) is 0 Å². The molecule has 12 heavy (non-hydrogen) atoms. The van der Waals surface area contributed by atoms with Crippen LogP contribution in [-0.4, -0.2) is 4.98 Å². The molecule has 1 heteroatoms. The molecule has 0 spiro atoms. The number of rotatable bonds is 3. The van der Waals surface area contributed by atoms with E-state index in [0.717, 1.165) is 12.0 Å². The van der Waals surface area contributed by atoms with Crippen molar-refractivity contribution in [2.75, 3.05) is 0 Å². The van der Waals surface area contributed by atoms with Gasteiger partial charge in [-0.3, -0.25) is 4.98 Å². The van der Waals surface area contributed by atoms with Crippen molar-refractivity contribution in [1.29, 1.82) is 0 Å². The highest BCUT2D eigenvalue weighted by molar-refractivity contribution is 5.18. The predicted molar refractivity (Wildman–Crippen MR) is 51.9 cm³/mol. The minimum absolute atomic E-state index is 0.954. The lowest BCUT2D eigenvalue weighted by Crippen LogP contribution is -1.80. The van der Waals surface area contributed by atoms with Crippen molar-refractivity contribution >= 4 is 0 Å². The fraction of sp³-hybridized carbons (Fsp3) is 0.182. The van der Waals surface area contributed by atoms with Crippen molar-refractivity contribution in [1.82, 2.24) is 4.98 Å². The van der Waals surface area contributed by atoms with E-state index in [0.29, 0.717) is 0 Å². The summed E-state index contributed by atoms with van der Waals surface area (Å²) in [5.41, 5.74) is 2.37. The number of hydrogen-bond donors (Lipinski definition) is 0. The van der Waals surface area contributed by atoms with Crippen LogP contribution in [0.25, 0.3) is 0 Å². The molecule has 0 radical (unpaired) electrons. The van der Waals surface area contributed by atoms with Gasteiger partial charge < -0.3 is 0 Å². The second-order valence-corrected chi connectivity index (χ2v) is 2.81. The summed E-state index contributed by atoms with van der Waals surface area (Å²) in [7, 11) is 0. The van der Waals surface area contributed by atoms with Gasteiger partial charge in [0, 0.05) is 12.4 Å². The predicted octanol–water partition coefficient (Wildman–Crippen LogP) is 2.76. The second kappa shape index (κ2) is 4.50. The molecule has 1 heterocycles. The Bertz CT molecular complexity index is 272. The molecule has 1 nitrogen and oxygen atoms in total. The Morgan fingerprint density at radius 3 is 2.75 bits per heavy atom. The number of nitrogens with zero attached hydrogens (tertiary/aromatic N) is 1. The number of pyridine rings is 1. The summed E-state index contributed by atoms with van der Waals surface area (Å²) >= 11 is 0. The summed E-state index contributed by atoms with van der Waals surface area (Å²) in [5.74, 6) is 0. The molecule has 0 fully saturated rings. The molecule has 0 saturated carbocycles. The van der Waals surface area contributed by atoms with Crippen LogP contribution in [0.3, 0.4) is 0 Å². The Kier molecular flexibility index (Phi) is 3.27. The van der Waals surface area contributed by atoms with Crippen LogP contribution in [0.1, 0.15) is 12.5 Å². The Labute approximate surface area is 73.5 Å². The third kappa shape index (κ3) is 3.15. The van der Waals surface area contributed by atoms with E-state index in [1.807, 2.05) is 37.5 Å². The van der Waals surface area contributed by atoms with Crippen LogP contribution < -0.4 is 0 Å². The lowest BCUT2D eigenvalue weighted by Gasteiger charge is -1.93. The highest BCUT2D eigenvalue weighted by Gasteiger charge is 1.85. The largest absolute Gasteiger partial charge is 0.265 e. The molecule has 1 rings (SSSR count). The van der Waals surface area contributed by atoms with E-state index in [-0.39, 0.29) is 0 Å². The van der Waals surface area contributed by atoms with Crippen molar-refractivity contribution < 1.29 is 0 Å². The zero-order valence-corrected chi connectivity index (χ0v) is 7.33. The van der Waals surface area contributed by atoms with Gasteiger partial charge in [-0.15, -0.1) is 0 Å². The summed E-state index contributed by atoms with van der Waals surface area (Å²) in [6, 6.07) is 4.03. The Balaban J connectivity index is 2.49. The van der Waals surface area contributed by atoms with Crippen LogP contribution >= 0.6 is 0 Å². The molecule has 0 atom stereocenters. The highest BCUT2D eigenvalue weighted by atomic mass is 14.6. The maximum Gasteiger partial charge on any atom is 0.0270 e. The van der Waals surface area contributed by atoms with Crippen molar-refractivity contribution in [2.24, 2.45) is 0 Å². The van der Waals surface area contributed by atoms with Crippen LogP contribution in [0.15, 0.2) is 48.8 Å². The Morgan fingerprint density at radius 2 is 2.17 bits per heavy atom. The first-order valence-electron chi connectivity index (χ1n) is 4.00. The smallest absolute Gasteiger partial charge is 0.0270 e. The molecule has 0 amide bonds. The molecule has 0 aliphatic rings. The minimum atomic E-state index is 0.954.